The summed E-state index contributed by atoms with van der Waals surface area (Å²) in [7, 11) is -4.62. The van der Waals surface area contributed by atoms with Crippen LogP contribution in [0.2, 0.25) is 0 Å². The summed E-state index contributed by atoms with van der Waals surface area (Å²) in [6.07, 6.45) is 0. The van der Waals surface area contributed by atoms with Crippen LogP contribution in [0.5, 0.6) is 0 Å². The van der Waals surface area contributed by atoms with Crippen LogP contribution in [0.4, 0.5) is 14.5 Å². The van der Waals surface area contributed by atoms with Crippen LogP contribution in [0.25, 0.3) is 0 Å². The van der Waals surface area contributed by atoms with Crippen molar-refractivity contribution >= 4 is 33.2 Å². The van der Waals surface area contributed by atoms with Crippen molar-refractivity contribution in [2.24, 2.45) is 0 Å². The van der Waals surface area contributed by atoms with E-state index in [2.05, 4.69) is 5.32 Å². The number of alkyl halides is 2. The Morgan fingerprint density at radius 3 is 2.21 bits per heavy atom. The number of thioether (sulfide) groups is 1. The van der Waals surface area contributed by atoms with Crippen LogP contribution in [0.15, 0.2) is 58.3 Å². The van der Waals surface area contributed by atoms with Gasteiger partial charge in [0.1, 0.15) is 0 Å². The second kappa shape index (κ2) is 7.76. The van der Waals surface area contributed by atoms with E-state index in [0.717, 1.165) is 22.6 Å². The Morgan fingerprint density at radius 2 is 1.67 bits per heavy atom. The quantitative estimate of drug-likeness (QED) is 0.786. The molecule has 0 spiro atoms. The van der Waals surface area contributed by atoms with Gasteiger partial charge in [-0.2, -0.15) is 8.78 Å². The number of carbonyl (C=O) groups is 1. The molecule has 2 aromatic carbocycles. The average molecular weight is 371 g/mol. The molecule has 0 aliphatic carbocycles. The molecule has 1 N–H and O–H groups in total. The first-order chi connectivity index (χ1) is 11.3. The van der Waals surface area contributed by atoms with E-state index in [4.69, 9.17) is 0 Å². The summed E-state index contributed by atoms with van der Waals surface area (Å²) in [6.45, 7) is 1.97. The van der Waals surface area contributed by atoms with Crippen LogP contribution in [0.3, 0.4) is 0 Å². The van der Waals surface area contributed by atoms with Crippen LogP contribution >= 0.6 is 11.8 Å². The molecule has 0 radical (unpaired) electrons. The third kappa shape index (κ3) is 4.78. The van der Waals surface area contributed by atoms with E-state index >= 15 is 0 Å². The Labute approximate surface area is 143 Å². The SMILES string of the molecule is Cc1ccc(SCC(=O)Nc2ccc(S(=O)(=O)C(F)F)cc2)cc1. The van der Waals surface area contributed by atoms with Crippen molar-refractivity contribution in [2.75, 3.05) is 11.1 Å². The van der Waals surface area contributed by atoms with Gasteiger partial charge in [0, 0.05) is 10.6 Å². The lowest BCUT2D eigenvalue weighted by Gasteiger charge is -2.07. The first kappa shape index (κ1) is 18.4. The van der Waals surface area contributed by atoms with Crippen molar-refractivity contribution < 1.29 is 22.0 Å². The third-order valence-corrected chi connectivity index (χ3v) is 5.50. The van der Waals surface area contributed by atoms with Crippen LogP contribution in [-0.2, 0) is 14.6 Å². The average Bonchev–Trinajstić information content (AvgIpc) is 2.54. The zero-order valence-electron chi connectivity index (χ0n) is 12.7. The Bertz CT molecular complexity index is 804. The van der Waals surface area contributed by atoms with E-state index in [1.54, 1.807) is 0 Å². The molecule has 0 fully saturated rings. The highest BCUT2D eigenvalue weighted by molar-refractivity contribution is 8.00. The highest BCUT2D eigenvalue weighted by Crippen LogP contribution is 2.21. The summed E-state index contributed by atoms with van der Waals surface area (Å²) in [4.78, 5) is 12.3. The van der Waals surface area contributed by atoms with Gasteiger partial charge in [-0.3, -0.25) is 4.79 Å². The number of nitrogens with one attached hydrogen (secondary N) is 1. The van der Waals surface area contributed by atoms with Gasteiger partial charge < -0.3 is 5.32 Å². The molecule has 0 saturated heterocycles. The van der Waals surface area contributed by atoms with Crippen LogP contribution in [0, 0.1) is 6.92 Å². The first-order valence-electron chi connectivity index (χ1n) is 6.90. The molecule has 0 aliphatic rings. The maximum atomic E-state index is 12.4. The lowest BCUT2D eigenvalue weighted by atomic mass is 10.2. The Hall–Kier alpha value is -1.93. The van der Waals surface area contributed by atoms with Crippen LogP contribution in [-0.4, -0.2) is 25.8 Å². The van der Waals surface area contributed by atoms with Gasteiger partial charge in [0.2, 0.25) is 15.7 Å². The number of anilines is 1. The lowest BCUT2D eigenvalue weighted by molar-refractivity contribution is -0.113. The van der Waals surface area contributed by atoms with E-state index in [9.17, 15) is 22.0 Å². The number of carbonyl (C=O) groups excluding carboxylic acids is 1. The van der Waals surface area contributed by atoms with Gasteiger partial charge >= 0.3 is 5.76 Å². The smallest absolute Gasteiger partial charge is 0.325 e. The molecular formula is C16H15F2NO3S2. The molecule has 0 aliphatic heterocycles. The second-order valence-corrected chi connectivity index (χ2v) is 7.95. The maximum Gasteiger partial charge on any atom is 0.341 e. The molecule has 4 nitrogen and oxygen atoms in total. The number of aryl methyl sites for hydroxylation is 1. The van der Waals surface area contributed by atoms with Gasteiger partial charge in [0.15, 0.2) is 0 Å². The van der Waals surface area contributed by atoms with Crippen molar-refractivity contribution in [1.82, 2.24) is 0 Å². The number of benzene rings is 2. The van der Waals surface area contributed by atoms with Crippen molar-refractivity contribution in [1.29, 1.82) is 0 Å². The van der Waals surface area contributed by atoms with E-state index in [0.29, 0.717) is 5.69 Å². The summed E-state index contributed by atoms with van der Waals surface area (Å²) in [5, 5.41) is 2.59. The fraction of sp³-hybridized carbons (Fsp3) is 0.188. The fourth-order valence-corrected chi connectivity index (χ4v) is 3.23. The summed E-state index contributed by atoms with van der Waals surface area (Å²) in [5.41, 5.74) is 1.47. The molecule has 0 saturated carbocycles. The molecular weight excluding hydrogens is 356 g/mol. The van der Waals surface area contributed by atoms with E-state index in [1.165, 1.54) is 23.9 Å². The predicted molar refractivity (Wildman–Crippen MR) is 90.2 cm³/mol. The van der Waals surface area contributed by atoms with Gasteiger partial charge in [-0.1, -0.05) is 17.7 Å². The number of halogens is 2. The minimum absolute atomic E-state index is 0.181. The molecule has 0 heterocycles. The van der Waals surface area contributed by atoms with Crippen LogP contribution < -0.4 is 5.32 Å². The van der Waals surface area contributed by atoms with Gasteiger partial charge in [-0.05, 0) is 43.3 Å². The topological polar surface area (TPSA) is 63.2 Å². The number of rotatable bonds is 6. The maximum absolute atomic E-state index is 12.4. The van der Waals surface area contributed by atoms with Crippen molar-refractivity contribution in [2.45, 2.75) is 22.5 Å². The van der Waals surface area contributed by atoms with E-state index in [1.807, 2.05) is 31.2 Å². The monoisotopic (exact) mass is 371 g/mol. The van der Waals surface area contributed by atoms with E-state index < -0.39 is 20.5 Å². The highest BCUT2D eigenvalue weighted by atomic mass is 32.2. The molecule has 1 amide bonds. The number of amides is 1. The normalized spacial score (nSPS) is 11.5. The van der Waals surface area contributed by atoms with Gasteiger partial charge in [-0.15, -0.1) is 11.8 Å². The standard InChI is InChI=1S/C16H15F2NO3S2/c1-11-2-6-13(7-3-11)23-10-15(20)19-12-4-8-14(9-5-12)24(21,22)16(17)18/h2-9,16H,10H2,1H3,(H,19,20). The highest BCUT2D eigenvalue weighted by Gasteiger charge is 2.26. The summed E-state index contributed by atoms with van der Waals surface area (Å²) < 4.78 is 47.5. The number of hydrogen-bond acceptors (Lipinski definition) is 4. The summed E-state index contributed by atoms with van der Waals surface area (Å²) in [5.74, 6) is -3.56. The van der Waals surface area contributed by atoms with Crippen molar-refractivity contribution in [3.63, 3.8) is 0 Å². The molecule has 0 aromatic heterocycles. The second-order valence-electron chi connectivity index (χ2n) is 4.98. The fourth-order valence-electron chi connectivity index (χ4n) is 1.81. The zero-order chi connectivity index (χ0) is 17.7. The number of sulfone groups is 1. The van der Waals surface area contributed by atoms with Gasteiger partial charge in [0.05, 0.1) is 10.6 Å². The Morgan fingerprint density at radius 1 is 1.08 bits per heavy atom. The Kier molecular flexibility index (Phi) is 5.95. The molecule has 0 unspecified atom stereocenters. The molecule has 2 rings (SSSR count). The zero-order valence-corrected chi connectivity index (χ0v) is 14.3. The molecule has 8 heteroatoms. The van der Waals surface area contributed by atoms with Crippen molar-refractivity contribution in [3.05, 3.63) is 54.1 Å². The summed E-state index contributed by atoms with van der Waals surface area (Å²) >= 11 is 1.36. The van der Waals surface area contributed by atoms with Gasteiger partial charge in [-0.25, -0.2) is 8.42 Å². The Balaban J connectivity index is 1.93. The molecule has 128 valence electrons. The van der Waals surface area contributed by atoms with Crippen molar-refractivity contribution in [3.8, 4) is 0 Å². The predicted octanol–water partition coefficient (Wildman–Crippen LogP) is 3.72. The first-order valence-corrected chi connectivity index (χ1v) is 9.43. The minimum atomic E-state index is -4.62. The minimum Gasteiger partial charge on any atom is -0.325 e. The van der Waals surface area contributed by atoms with Gasteiger partial charge in [0.25, 0.3) is 0 Å². The molecule has 0 atom stereocenters. The largest absolute Gasteiger partial charge is 0.341 e. The molecule has 2 aromatic rings. The molecule has 0 bridgehead atoms. The lowest BCUT2D eigenvalue weighted by Crippen LogP contribution is -2.14. The molecule has 24 heavy (non-hydrogen) atoms. The third-order valence-electron chi connectivity index (χ3n) is 3.09. The van der Waals surface area contributed by atoms with E-state index in [-0.39, 0.29) is 11.7 Å². The summed E-state index contributed by atoms with van der Waals surface area (Å²) in [6, 6.07) is 12.4. The van der Waals surface area contributed by atoms with Crippen LogP contribution in [0.1, 0.15) is 5.56 Å². The number of hydrogen-bond donors (Lipinski definition) is 1.